The molecule has 22 aromatic rings. The number of nitrogens with zero attached hydrogens (tertiary/aromatic N) is 10. The highest BCUT2D eigenvalue weighted by Crippen LogP contribution is 2.54. The molecule has 8 heterocycles. The SMILES string of the molecule is CCc1nc2cccc3c2n1-c1cc(-c2cc(-c4ccccc4)cc(-c4ccccc4)c2)ccc1P3(=O)c1ccccc1.CCc1nc2cccc3c2n1-c1cc(-c2ccc(-n4c5ccccc5c5ccccc54)cc2)ccc1P3(=O)c1ccccc1.CCc1nc2cccc3c2n1-c1cc(-c2nc(-c4ccccc4)nc(-c4ccccc4)n2)ccc1P3(=O)c1ccccc1. The molecule has 0 saturated carbocycles. The summed E-state index contributed by atoms with van der Waals surface area (Å²) < 4.78 is 55.2. The van der Waals surface area contributed by atoms with Gasteiger partial charge in [-0.2, -0.15) is 0 Å². The number of benzene rings is 17. The van der Waals surface area contributed by atoms with Gasteiger partial charge in [-0.05, 0) is 160 Å². The van der Waals surface area contributed by atoms with Crippen molar-refractivity contribution in [2.75, 3.05) is 0 Å². The third kappa shape index (κ3) is 12.9. The lowest BCUT2D eigenvalue weighted by molar-refractivity contribution is 0.591. The summed E-state index contributed by atoms with van der Waals surface area (Å²) in [6.07, 6.45) is 2.28. The zero-order valence-corrected chi connectivity index (χ0v) is 74.1. The minimum absolute atomic E-state index is 0.554. The molecule has 3 unspecified atom stereocenters. The minimum atomic E-state index is -3.20. The molecule has 0 radical (unpaired) electrons. The van der Waals surface area contributed by atoms with Crippen LogP contribution in [0.15, 0.2) is 413 Å². The van der Waals surface area contributed by atoms with E-state index in [2.05, 4.69) is 233 Å². The Balaban J connectivity index is 0.000000111. The maximum Gasteiger partial charge on any atom is 0.175 e. The van der Waals surface area contributed by atoms with Gasteiger partial charge in [-0.1, -0.05) is 318 Å². The summed E-state index contributed by atoms with van der Waals surface area (Å²) in [5, 5.41) is 10.1. The molecule has 0 amide bonds. The quantitative estimate of drug-likeness (QED) is 0.0970. The van der Waals surface area contributed by atoms with Crippen LogP contribution in [0.3, 0.4) is 0 Å². The first-order chi connectivity index (χ1) is 64.0. The molecule has 0 aliphatic carbocycles. The zero-order valence-electron chi connectivity index (χ0n) is 71.4. The van der Waals surface area contributed by atoms with Crippen molar-refractivity contribution in [3.05, 3.63) is 430 Å². The third-order valence-electron chi connectivity index (χ3n) is 25.6. The second-order valence-electron chi connectivity index (χ2n) is 33.0. The average molecular weight is 1730 g/mol. The van der Waals surface area contributed by atoms with E-state index in [4.69, 9.17) is 29.9 Å². The lowest BCUT2D eigenvalue weighted by Crippen LogP contribution is -2.33. The number of hydrogen-bond donors (Lipinski definition) is 0. The molecular formula is C114H83N10O3P3. The molecule has 0 fully saturated rings. The van der Waals surface area contributed by atoms with Crippen LogP contribution in [0.2, 0.25) is 0 Å². The molecule has 3 aliphatic rings. The zero-order chi connectivity index (χ0) is 87.4. The molecule has 0 N–H and O–H groups in total. The Labute approximate surface area is 752 Å². The summed E-state index contributed by atoms with van der Waals surface area (Å²) in [5.74, 6) is 4.63. The summed E-state index contributed by atoms with van der Waals surface area (Å²) >= 11 is 0. The number of hydrogen-bond acceptors (Lipinski definition) is 9. The van der Waals surface area contributed by atoms with E-state index in [1.165, 1.54) is 32.9 Å². The second kappa shape index (κ2) is 32.2. The predicted octanol–water partition coefficient (Wildman–Crippen LogP) is 23.6. The van der Waals surface area contributed by atoms with E-state index >= 15 is 13.7 Å². The van der Waals surface area contributed by atoms with Gasteiger partial charge in [0.15, 0.2) is 38.9 Å². The van der Waals surface area contributed by atoms with Gasteiger partial charge in [-0.3, -0.25) is 13.7 Å². The Hall–Kier alpha value is -15.4. The molecule has 622 valence electrons. The Morgan fingerprint density at radius 2 is 0.492 bits per heavy atom. The van der Waals surface area contributed by atoms with Crippen LogP contribution in [-0.2, 0) is 33.0 Å². The van der Waals surface area contributed by atoms with Crippen LogP contribution in [0.4, 0.5) is 0 Å². The van der Waals surface area contributed by atoms with Crippen molar-refractivity contribution >= 4 is 124 Å². The largest absolute Gasteiger partial charge is 0.309 e. The number of aromatic nitrogens is 10. The Kier molecular flexibility index (Phi) is 19.6. The van der Waals surface area contributed by atoms with E-state index in [9.17, 15) is 0 Å². The molecule has 0 spiro atoms. The van der Waals surface area contributed by atoms with E-state index in [0.717, 1.165) is 190 Å². The van der Waals surface area contributed by atoms with E-state index < -0.39 is 21.4 Å². The van der Waals surface area contributed by atoms with Crippen LogP contribution in [0.5, 0.6) is 0 Å². The van der Waals surface area contributed by atoms with Gasteiger partial charge in [-0.15, -0.1) is 0 Å². The molecule has 3 aliphatic heterocycles. The van der Waals surface area contributed by atoms with Gasteiger partial charge in [0, 0.05) is 100 Å². The molecule has 130 heavy (non-hydrogen) atoms. The topological polar surface area (TPSA) is 148 Å². The maximum absolute atomic E-state index is 15.4. The standard InChI is InChI=1S/C39H28N3OP.C39H29N2OP.C36H26N5OP/c1-2-38-40-32-15-10-18-37-39(32)42(38)35-25-27(21-24-36(35)44(37,43)29-11-4-3-5-12-29)26-19-22-28(23-20-26)41-33-16-8-6-13-30(33)31-14-7-9-17-34(31)41;1-2-38-40-34-19-12-20-37-39(34)41(38)35-26-29(21-22-36(35)43(37,42)33-17-10-5-11-18-33)32-24-30(27-13-6-3-7-14-27)23-31(25-32)28-15-8-4-9-16-28;1-2-32-37-28-19-12-20-31-33(28)41(32)29-23-26(21-22-30(29)43(31,42)27-17-10-5-11-18-27)36-39-34(24-13-6-3-7-14-24)38-35(40-36)25-15-8-4-9-16-25/h3-25H,2H2,1H3;3-26H,2H2,1H3;3-23H,2H2,1H3. The van der Waals surface area contributed by atoms with Gasteiger partial charge in [0.25, 0.3) is 0 Å². The Morgan fingerprint density at radius 3 is 0.846 bits per heavy atom. The molecule has 25 rings (SSSR count). The molecule has 16 heteroatoms. The lowest BCUT2D eigenvalue weighted by Gasteiger charge is -2.29. The predicted molar refractivity (Wildman–Crippen MR) is 536 cm³/mol. The third-order valence-corrected chi connectivity index (χ3v) is 35.0. The lowest BCUT2D eigenvalue weighted by atomic mass is 9.93. The summed E-state index contributed by atoms with van der Waals surface area (Å²) in [5.41, 5.74) is 23.4. The van der Waals surface area contributed by atoms with Crippen LogP contribution < -0.4 is 47.7 Å². The van der Waals surface area contributed by atoms with Gasteiger partial charge >= 0.3 is 0 Å². The van der Waals surface area contributed by atoms with Gasteiger partial charge in [0.1, 0.15) is 17.5 Å². The van der Waals surface area contributed by atoms with E-state index in [0.29, 0.717) is 17.5 Å². The van der Waals surface area contributed by atoms with Crippen LogP contribution in [-0.4, -0.2) is 48.2 Å². The van der Waals surface area contributed by atoms with Gasteiger partial charge < -0.3 is 18.3 Å². The highest BCUT2D eigenvalue weighted by molar-refractivity contribution is 7.87. The number of aryl methyl sites for hydroxylation is 3. The van der Waals surface area contributed by atoms with Crippen molar-refractivity contribution in [1.29, 1.82) is 0 Å². The van der Waals surface area contributed by atoms with Crippen LogP contribution >= 0.6 is 21.4 Å². The van der Waals surface area contributed by atoms with Crippen molar-refractivity contribution < 1.29 is 13.7 Å². The normalized spacial score (nSPS) is 15.5. The molecule has 13 nitrogen and oxygen atoms in total. The first kappa shape index (κ1) is 79.3. The fraction of sp³-hybridized carbons (Fsp3) is 0.0526. The van der Waals surface area contributed by atoms with Crippen molar-refractivity contribution in [3.63, 3.8) is 0 Å². The fourth-order valence-electron chi connectivity index (χ4n) is 19.6. The van der Waals surface area contributed by atoms with Gasteiger partial charge in [-0.25, -0.2) is 29.9 Å². The summed E-state index contributed by atoms with van der Waals surface area (Å²) in [7, 11) is -9.47. The highest BCUT2D eigenvalue weighted by atomic mass is 31.2. The summed E-state index contributed by atoms with van der Waals surface area (Å²) in [6.45, 7) is 6.37. The number of para-hydroxylation sites is 5. The smallest absolute Gasteiger partial charge is 0.175 e. The highest BCUT2D eigenvalue weighted by Gasteiger charge is 2.44. The van der Waals surface area contributed by atoms with Crippen LogP contribution in [0.25, 0.3) is 156 Å². The second-order valence-corrected chi connectivity index (χ2v) is 41.1. The first-order valence-electron chi connectivity index (χ1n) is 44.1. The Morgan fingerprint density at radius 1 is 0.215 bits per heavy atom. The number of imidazole rings is 3. The Bertz CT molecular complexity index is 7900. The van der Waals surface area contributed by atoms with E-state index in [-0.39, 0.29) is 0 Å². The van der Waals surface area contributed by atoms with Crippen molar-refractivity contribution in [2.24, 2.45) is 0 Å². The number of fused-ring (bicyclic) bond motifs is 9. The monoisotopic (exact) mass is 1730 g/mol. The molecule has 0 saturated heterocycles. The van der Waals surface area contributed by atoms with Crippen LogP contribution in [0.1, 0.15) is 38.2 Å². The molecule has 5 aromatic heterocycles. The first-order valence-corrected chi connectivity index (χ1v) is 49.3. The van der Waals surface area contributed by atoms with Gasteiger partial charge in [0.05, 0.1) is 61.2 Å². The molecule has 0 bridgehead atoms. The van der Waals surface area contributed by atoms with Crippen molar-refractivity contribution in [1.82, 2.24) is 48.2 Å². The molecule has 17 aromatic carbocycles. The summed E-state index contributed by atoms with van der Waals surface area (Å²) in [4.78, 5) is 29.7. The van der Waals surface area contributed by atoms with Gasteiger partial charge in [0.2, 0.25) is 0 Å². The van der Waals surface area contributed by atoms with E-state index in [1.54, 1.807) is 0 Å². The maximum atomic E-state index is 15.4. The minimum Gasteiger partial charge on any atom is -0.309 e. The van der Waals surface area contributed by atoms with Crippen molar-refractivity contribution in [3.8, 4) is 101 Å². The average Bonchev–Trinajstić information content (AvgIpc) is 1.48. The molecular weight excluding hydrogens is 1650 g/mol. The molecule has 3 atom stereocenters. The van der Waals surface area contributed by atoms with Crippen LogP contribution in [0, 0.1) is 0 Å². The summed E-state index contributed by atoms with van der Waals surface area (Å²) in [6, 6.07) is 140. The van der Waals surface area contributed by atoms with E-state index in [1.807, 2.05) is 218 Å². The fourth-order valence-corrected chi connectivity index (χ4v) is 28.6. The van der Waals surface area contributed by atoms with Crippen molar-refractivity contribution in [2.45, 2.75) is 40.0 Å². The number of rotatable bonds is 14.